The van der Waals surface area contributed by atoms with E-state index >= 15 is 0 Å². The summed E-state index contributed by atoms with van der Waals surface area (Å²) in [4.78, 5) is 0. The van der Waals surface area contributed by atoms with Gasteiger partial charge in [0.15, 0.2) is 6.29 Å². The minimum absolute atomic E-state index is 0.0955. The molecule has 0 aromatic heterocycles. The van der Waals surface area contributed by atoms with Crippen molar-refractivity contribution in [1.29, 1.82) is 0 Å². The molecule has 0 N–H and O–H groups in total. The second-order valence-electron chi connectivity index (χ2n) is 7.93. The van der Waals surface area contributed by atoms with Gasteiger partial charge in [-0.2, -0.15) is 0 Å². The molecule has 0 aromatic rings. The Bertz CT molecular complexity index is 367. The normalized spacial score (nSPS) is 38.5. The van der Waals surface area contributed by atoms with Gasteiger partial charge in [0.05, 0.1) is 24.4 Å². The lowest BCUT2D eigenvalue weighted by Crippen LogP contribution is -2.55. The van der Waals surface area contributed by atoms with Gasteiger partial charge in [-0.15, -0.1) is 0 Å². The predicted octanol–water partition coefficient (Wildman–Crippen LogP) is 4.41. The summed E-state index contributed by atoms with van der Waals surface area (Å²) in [5, 5.41) is 0. The molecule has 142 valence electrons. The van der Waals surface area contributed by atoms with E-state index < -0.39 is 0 Å². The molecule has 7 unspecified atom stereocenters. The highest BCUT2D eigenvalue weighted by Crippen LogP contribution is 2.40. The first-order valence-electron chi connectivity index (χ1n) is 9.88. The van der Waals surface area contributed by atoms with Crippen molar-refractivity contribution in [2.45, 2.75) is 90.8 Å². The van der Waals surface area contributed by atoms with Crippen molar-refractivity contribution in [1.82, 2.24) is 0 Å². The van der Waals surface area contributed by atoms with Crippen LogP contribution in [0.4, 0.5) is 0 Å². The van der Waals surface area contributed by atoms with Crippen LogP contribution >= 0.6 is 0 Å². The molecule has 4 nitrogen and oxygen atoms in total. The third-order valence-electron chi connectivity index (χ3n) is 6.52. The number of hydrogen-bond donors (Lipinski definition) is 0. The summed E-state index contributed by atoms with van der Waals surface area (Å²) in [5.41, 5.74) is -0.283. The summed E-state index contributed by atoms with van der Waals surface area (Å²) in [6, 6.07) is 0. The fraction of sp³-hybridized carbons (Fsp3) is 1.00. The van der Waals surface area contributed by atoms with Crippen molar-refractivity contribution >= 4 is 0 Å². The van der Waals surface area contributed by atoms with Gasteiger partial charge in [0.1, 0.15) is 0 Å². The Balaban J connectivity index is 1.99. The van der Waals surface area contributed by atoms with Crippen LogP contribution in [0.3, 0.4) is 0 Å². The summed E-state index contributed by atoms with van der Waals surface area (Å²) in [6.45, 7) is 12.7. The lowest BCUT2D eigenvalue weighted by Gasteiger charge is -2.48. The average Bonchev–Trinajstić information content (AvgIpc) is 2.61. The molecule has 24 heavy (non-hydrogen) atoms. The van der Waals surface area contributed by atoms with Crippen molar-refractivity contribution in [3.05, 3.63) is 0 Å². The summed E-state index contributed by atoms with van der Waals surface area (Å²) >= 11 is 0. The van der Waals surface area contributed by atoms with E-state index in [-0.39, 0.29) is 30.0 Å². The van der Waals surface area contributed by atoms with Gasteiger partial charge in [-0.1, -0.05) is 27.2 Å². The van der Waals surface area contributed by atoms with Crippen LogP contribution in [0.5, 0.6) is 0 Å². The Morgan fingerprint density at radius 3 is 2.46 bits per heavy atom. The molecule has 4 heteroatoms. The van der Waals surface area contributed by atoms with E-state index in [1.54, 1.807) is 7.11 Å². The van der Waals surface area contributed by atoms with Crippen LogP contribution in [-0.4, -0.2) is 44.4 Å². The number of hydrogen-bond acceptors (Lipinski definition) is 4. The van der Waals surface area contributed by atoms with Crippen LogP contribution in [0.2, 0.25) is 0 Å². The minimum Gasteiger partial charge on any atom is -0.381 e. The van der Waals surface area contributed by atoms with E-state index in [0.29, 0.717) is 5.92 Å². The van der Waals surface area contributed by atoms with Crippen molar-refractivity contribution < 1.29 is 18.9 Å². The summed E-state index contributed by atoms with van der Waals surface area (Å²) in [5.74, 6) is 1.64. The zero-order valence-corrected chi connectivity index (χ0v) is 16.5. The van der Waals surface area contributed by atoms with Crippen LogP contribution in [0.15, 0.2) is 0 Å². The van der Waals surface area contributed by atoms with Gasteiger partial charge in [-0.25, -0.2) is 0 Å². The maximum atomic E-state index is 6.55. The van der Waals surface area contributed by atoms with Crippen LogP contribution in [0.1, 0.15) is 66.7 Å². The molecule has 7 atom stereocenters. The third kappa shape index (κ3) is 4.51. The fourth-order valence-corrected chi connectivity index (χ4v) is 4.43. The van der Waals surface area contributed by atoms with Gasteiger partial charge >= 0.3 is 0 Å². The molecular formula is C20H38O4. The van der Waals surface area contributed by atoms with Crippen molar-refractivity contribution in [2.75, 3.05) is 20.3 Å². The molecule has 2 aliphatic rings. The highest BCUT2D eigenvalue weighted by atomic mass is 16.7. The molecule has 0 aromatic carbocycles. The molecule has 0 aliphatic carbocycles. The van der Waals surface area contributed by atoms with E-state index in [0.717, 1.165) is 38.4 Å². The predicted molar refractivity (Wildman–Crippen MR) is 96.0 cm³/mol. The molecule has 0 amide bonds. The summed E-state index contributed by atoms with van der Waals surface area (Å²) < 4.78 is 24.3. The van der Waals surface area contributed by atoms with Gasteiger partial charge in [-0.05, 0) is 51.4 Å². The smallest absolute Gasteiger partial charge is 0.158 e. The molecule has 2 aliphatic heterocycles. The first kappa shape index (κ1) is 20.2. The Morgan fingerprint density at radius 1 is 1.17 bits per heavy atom. The van der Waals surface area contributed by atoms with Gasteiger partial charge in [0.25, 0.3) is 0 Å². The lowest BCUT2D eigenvalue weighted by molar-refractivity contribution is -0.272. The standard InChI is InChI=1S/C20H38O4/c1-7-14(3)16-9-10-18(23-13-16)24-20(5,8-2)19-15(4)22-12-11-17(19)21-6/h14-19H,7-13H2,1-6H3. The maximum absolute atomic E-state index is 6.55. The van der Waals surface area contributed by atoms with Crippen LogP contribution < -0.4 is 0 Å². The largest absolute Gasteiger partial charge is 0.381 e. The molecule has 2 rings (SSSR count). The zero-order chi connectivity index (χ0) is 17.7. The van der Waals surface area contributed by atoms with Crippen LogP contribution in [0.25, 0.3) is 0 Å². The summed E-state index contributed by atoms with van der Waals surface area (Å²) in [7, 11) is 1.81. The number of ether oxygens (including phenoxy) is 4. The Kier molecular flexibility index (Phi) is 7.54. The Hall–Kier alpha value is -0.160. The van der Waals surface area contributed by atoms with E-state index in [1.807, 2.05) is 0 Å². The van der Waals surface area contributed by atoms with Crippen molar-refractivity contribution in [3.63, 3.8) is 0 Å². The fourth-order valence-electron chi connectivity index (χ4n) is 4.43. The molecule has 0 bridgehead atoms. The Labute approximate surface area is 148 Å². The first-order chi connectivity index (χ1) is 11.4. The van der Waals surface area contributed by atoms with Crippen molar-refractivity contribution in [3.8, 4) is 0 Å². The third-order valence-corrected chi connectivity index (χ3v) is 6.52. The van der Waals surface area contributed by atoms with E-state index in [4.69, 9.17) is 18.9 Å². The molecule has 2 heterocycles. The lowest BCUT2D eigenvalue weighted by atomic mass is 9.76. The van der Waals surface area contributed by atoms with Crippen LogP contribution in [0, 0.1) is 17.8 Å². The minimum atomic E-state index is -0.283. The topological polar surface area (TPSA) is 36.9 Å². The highest BCUT2D eigenvalue weighted by molar-refractivity contribution is 4.94. The van der Waals surface area contributed by atoms with E-state index in [1.165, 1.54) is 12.8 Å². The molecule has 0 spiro atoms. The second kappa shape index (κ2) is 8.98. The number of methoxy groups -OCH3 is 1. The summed E-state index contributed by atoms with van der Waals surface area (Å²) in [6.07, 6.45) is 5.51. The SMILES string of the molecule is CCC(C)C1CCC(OC(C)(CC)C2C(C)OCCC2OC)OC1. The molecule has 2 fully saturated rings. The molecule has 2 saturated heterocycles. The first-order valence-corrected chi connectivity index (χ1v) is 9.88. The molecular weight excluding hydrogens is 304 g/mol. The Morgan fingerprint density at radius 2 is 1.92 bits per heavy atom. The quantitative estimate of drug-likeness (QED) is 0.687. The monoisotopic (exact) mass is 342 g/mol. The van der Waals surface area contributed by atoms with Gasteiger partial charge < -0.3 is 18.9 Å². The van der Waals surface area contributed by atoms with Gasteiger partial charge in [0.2, 0.25) is 0 Å². The molecule has 0 radical (unpaired) electrons. The molecule has 0 saturated carbocycles. The van der Waals surface area contributed by atoms with E-state index in [9.17, 15) is 0 Å². The van der Waals surface area contributed by atoms with E-state index in [2.05, 4.69) is 34.6 Å². The van der Waals surface area contributed by atoms with Gasteiger partial charge in [-0.3, -0.25) is 0 Å². The average molecular weight is 343 g/mol. The van der Waals surface area contributed by atoms with Crippen LogP contribution in [-0.2, 0) is 18.9 Å². The zero-order valence-electron chi connectivity index (χ0n) is 16.5. The van der Waals surface area contributed by atoms with Crippen molar-refractivity contribution in [2.24, 2.45) is 17.8 Å². The number of rotatable bonds is 7. The van der Waals surface area contributed by atoms with Gasteiger partial charge in [0, 0.05) is 19.6 Å². The maximum Gasteiger partial charge on any atom is 0.158 e. The highest BCUT2D eigenvalue weighted by Gasteiger charge is 2.46. The second-order valence-corrected chi connectivity index (χ2v) is 7.93.